The van der Waals surface area contributed by atoms with Crippen LogP contribution in [0.1, 0.15) is 16.7 Å². The van der Waals surface area contributed by atoms with Crippen molar-refractivity contribution >= 4 is 12.0 Å². The van der Waals surface area contributed by atoms with Gasteiger partial charge in [0.15, 0.2) is 0 Å². The monoisotopic (exact) mass is 377 g/mol. The molecule has 1 N–H and O–H groups in total. The molecule has 1 heterocycles. The summed E-state index contributed by atoms with van der Waals surface area (Å²) >= 11 is 0. The molecule has 1 aromatic heterocycles. The molecular weight excluding hydrogens is 354 g/mol. The van der Waals surface area contributed by atoms with Crippen LogP contribution < -0.4 is 14.8 Å². The van der Waals surface area contributed by atoms with Gasteiger partial charge >= 0.3 is 0 Å². The van der Waals surface area contributed by atoms with Gasteiger partial charge in [-0.2, -0.15) is 5.10 Å². The Bertz CT molecular complexity index is 932. The van der Waals surface area contributed by atoms with E-state index < -0.39 is 0 Å². The molecule has 1 amide bonds. The van der Waals surface area contributed by atoms with Crippen LogP contribution in [0.5, 0.6) is 11.5 Å². The summed E-state index contributed by atoms with van der Waals surface area (Å²) in [6, 6.07) is 15.4. The Morgan fingerprint density at radius 1 is 1.11 bits per heavy atom. The van der Waals surface area contributed by atoms with Crippen LogP contribution in [-0.2, 0) is 17.9 Å². The highest BCUT2D eigenvalue weighted by atomic mass is 16.5. The number of nitrogens with zero attached hydrogens (tertiary/aromatic N) is 2. The van der Waals surface area contributed by atoms with E-state index in [-0.39, 0.29) is 5.91 Å². The van der Waals surface area contributed by atoms with Gasteiger partial charge in [0.05, 0.1) is 20.8 Å². The molecule has 0 radical (unpaired) electrons. The number of rotatable bonds is 8. The first-order valence-corrected chi connectivity index (χ1v) is 8.91. The van der Waals surface area contributed by atoms with E-state index in [1.165, 1.54) is 6.08 Å². The SMILES string of the molecule is COc1ccc(OC)c(C=CC(=O)NCc2ccc(Cn3cccn3)cc2)c1. The van der Waals surface area contributed by atoms with Gasteiger partial charge in [-0.15, -0.1) is 0 Å². The van der Waals surface area contributed by atoms with Crippen LogP contribution in [0.25, 0.3) is 6.08 Å². The summed E-state index contributed by atoms with van der Waals surface area (Å²) in [5.74, 6) is 1.21. The molecule has 28 heavy (non-hydrogen) atoms. The van der Waals surface area contributed by atoms with Crippen molar-refractivity contribution in [2.45, 2.75) is 13.1 Å². The highest BCUT2D eigenvalue weighted by Gasteiger charge is 2.03. The fourth-order valence-corrected chi connectivity index (χ4v) is 2.73. The van der Waals surface area contributed by atoms with Crippen LogP contribution in [0.4, 0.5) is 0 Å². The molecule has 6 heteroatoms. The molecule has 0 bridgehead atoms. The maximum atomic E-state index is 12.1. The van der Waals surface area contributed by atoms with E-state index in [4.69, 9.17) is 9.47 Å². The molecule has 2 aromatic carbocycles. The Hall–Kier alpha value is -3.54. The third kappa shape index (κ3) is 5.23. The number of carbonyl (C=O) groups is 1. The van der Waals surface area contributed by atoms with Gasteiger partial charge in [0.1, 0.15) is 11.5 Å². The second-order valence-corrected chi connectivity index (χ2v) is 6.18. The van der Waals surface area contributed by atoms with E-state index in [0.717, 1.165) is 23.2 Å². The minimum absolute atomic E-state index is 0.175. The lowest BCUT2D eigenvalue weighted by Crippen LogP contribution is -2.20. The van der Waals surface area contributed by atoms with Crippen LogP contribution in [0, 0.1) is 0 Å². The number of ether oxygens (including phenoxy) is 2. The topological polar surface area (TPSA) is 65.4 Å². The van der Waals surface area contributed by atoms with Crippen LogP contribution in [0.15, 0.2) is 67.0 Å². The van der Waals surface area contributed by atoms with Gasteiger partial charge in [-0.05, 0) is 41.5 Å². The highest BCUT2D eigenvalue weighted by Crippen LogP contribution is 2.25. The number of aromatic nitrogens is 2. The van der Waals surface area contributed by atoms with Crippen LogP contribution in [0.2, 0.25) is 0 Å². The van der Waals surface area contributed by atoms with Crippen LogP contribution in [-0.4, -0.2) is 29.9 Å². The van der Waals surface area contributed by atoms with E-state index in [1.54, 1.807) is 32.6 Å². The second kappa shape index (κ2) is 9.41. The first-order valence-electron chi connectivity index (χ1n) is 8.91. The van der Waals surface area contributed by atoms with Gasteiger partial charge in [-0.3, -0.25) is 9.48 Å². The van der Waals surface area contributed by atoms with E-state index in [9.17, 15) is 4.79 Å². The fourth-order valence-electron chi connectivity index (χ4n) is 2.73. The van der Waals surface area contributed by atoms with E-state index in [0.29, 0.717) is 18.0 Å². The van der Waals surface area contributed by atoms with E-state index in [2.05, 4.69) is 10.4 Å². The number of hydrogen-bond donors (Lipinski definition) is 1. The summed E-state index contributed by atoms with van der Waals surface area (Å²) in [5, 5.41) is 7.08. The Morgan fingerprint density at radius 2 is 1.89 bits per heavy atom. The summed E-state index contributed by atoms with van der Waals surface area (Å²) < 4.78 is 12.4. The summed E-state index contributed by atoms with van der Waals surface area (Å²) in [5.41, 5.74) is 2.97. The lowest BCUT2D eigenvalue weighted by Gasteiger charge is -2.07. The molecule has 0 aliphatic rings. The Labute approximate surface area is 164 Å². The maximum absolute atomic E-state index is 12.1. The molecule has 0 fully saturated rings. The first kappa shape index (κ1) is 19.2. The average molecular weight is 377 g/mol. The Kier molecular flexibility index (Phi) is 6.46. The Balaban J connectivity index is 1.55. The molecule has 3 aromatic rings. The quantitative estimate of drug-likeness (QED) is 0.612. The van der Waals surface area contributed by atoms with Crippen molar-refractivity contribution in [2.75, 3.05) is 14.2 Å². The zero-order valence-corrected chi connectivity index (χ0v) is 16.0. The summed E-state index contributed by atoms with van der Waals surface area (Å²) in [7, 11) is 3.19. The summed E-state index contributed by atoms with van der Waals surface area (Å²) in [4.78, 5) is 12.1. The second-order valence-electron chi connectivity index (χ2n) is 6.18. The van der Waals surface area contributed by atoms with Crippen molar-refractivity contribution in [1.29, 1.82) is 0 Å². The maximum Gasteiger partial charge on any atom is 0.244 e. The van der Waals surface area contributed by atoms with Crippen molar-refractivity contribution in [2.24, 2.45) is 0 Å². The summed E-state index contributed by atoms with van der Waals surface area (Å²) in [6.45, 7) is 1.19. The lowest BCUT2D eigenvalue weighted by molar-refractivity contribution is -0.116. The van der Waals surface area contributed by atoms with Gasteiger partial charge < -0.3 is 14.8 Å². The van der Waals surface area contributed by atoms with Crippen LogP contribution >= 0.6 is 0 Å². The lowest BCUT2D eigenvalue weighted by atomic mass is 10.1. The predicted octanol–water partition coefficient (Wildman–Crippen LogP) is 3.28. The smallest absolute Gasteiger partial charge is 0.244 e. The van der Waals surface area contributed by atoms with Crippen molar-refractivity contribution < 1.29 is 14.3 Å². The Morgan fingerprint density at radius 3 is 2.57 bits per heavy atom. The van der Waals surface area contributed by atoms with E-state index in [1.807, 2.05) is 53.3 Å². The first-order chi connectivity index (χ1) is 13.7. The third-order valence-electron chi connectivity index (χ3n) is 4.24. The average Bonchev–Trinajstić information content (AvgIpc) is 3.24. The molecular formula is C22H23N3O3. The van der Waals surface area contributed by atoms with Crippen molar-refractivity contribution in [1.82, 2.24) is 15.1 Å². The number of benzene rings is 2. The van der Waals surface area contributed by atoms with Gasteiger partial charge in [0, 0.05) is 30.6 Å². The van der Waals surface area contributed by atoms with Crippen molar-refractivity contribution in [3.05, 3.63) is 83.7 Å². The zero-order valence-electron chi connectivity index (χ0n) is 16.0. The normalized spacial score (nSPS) is 10.8. The standard InChI is InChI=1S/C22H23N3O3/c1-27-20-9-10-21(28-2)19(14-20)8-11-22(26)23-15-17-4-6-18(7-5-17)16-25-13-3-12-24-25/h3-14H,15-16H2,1-2H3,(H,23,26). The van der Waals surface area contributed by atoms with Gasteiger partial charge in [-0.25, -0.2) is 0 Å². The molecule has 0 aliphatic heterocycles. The predicted molar refractivity (Wildman–Crippen MR) is 108 cm³/mol. The van der Waals surface area contributed by atoms with E-state index >= 15 is 0 Å². The van der Waals surface area contributed by atoms with Gasteiger partial charge in [-0.1, -0.05) is 24.3 Å². The minimum Gasteiger partial charge on any atom is -0.497 e. The van der Waals surface area contributed by atoms with Crippen molar-refractivity contribution in [3.8, 4) is 11.5 Å². The number of methoxy groups -OCH3 is 2. The van der Waals surface area contributed by atoms with Crippen LogP contribution in [0.3, 0.4) is 0 Å². The highest BCUT2D eigenvalue weighted by molar-refractivity contribution is 5.92. The molecule has 0 unspecified atom stereocenters. The molecule has 0 saturated carbocycles. The van der Waals surface area contributed by atoms with Gasteiger partial charge in [0.25, 0.3) is 0 Å². The number of amides is 1. The summed E-state index contributed by atoms with van der Waals surface area (Å²) in [6.07, 6.45) is 6.89. The number of nitrogens with one attached hydrogen (secondary N) is 1. The minimum atomic E-state index is -0.175. The molecule has 6 nitrogen and oxygen atoms in total. The van der Waals surface area contributed by atoms with Gasteiger partial charge in [0.2, 0.25) is 5.91 Å². The number of hydrogen-bond acceptors (Lipinski definition) is 4. The molecule has 3 rings (SSSR count). The largest absolute Gasteiger partial charge is 0.497 e. The fraction of sp³-hybridized carbons (Fsp3) is 0.182. The molecule has 144 valence electrons. The molecule has 0 atom stereocenters. The zero-order chi connectivity index (χ0) is 19.8. The van der Waals surface area contributed by atoms with Crippen molar-refractivity contribution in [3.63, 3.8) is 0 Å². The molecule has 0 spiro atoms. The third-order valence-corrected chi connectivity index (χ3v) is 4.24. The molecule has 0 aliphatic carbocycles. The number of carbonyl (C=O) groups excluding carboxylic acids is 1. The molecule has 0 saturated heterocycles.